The molecule has 27 heavy (non-hydrogen) atoms. The number of nitrogens with zero attached hydrogens (tertiary/aromatic N) is 2. The van der Waals surface area contributed by atoms with Crippen LogP contribution >= 0.6 is 23.5 Å². The van der Waals surface area contributed by atoms with Crippen molar-refractivity contribution < 1.29 is 9.59 Å². The molecule has 5 nitrogen and oxygen atoms in total. The lowest BCUT2D eigenvalue weighted by atomic mass is 9.96. The van der Waals surface area contributed by atoms with Crippen molar-refractivity contribution >= 4 is 40.9 Å². The van der Waals surface area contributed by atoms with Gasteiger partial charge in [0.15, 0.2) is 5.78 Å². The van der Waals surface area contributed by atoms with Crippen molar-refractivity contribution in [2.75, 3.05) is 11.1 Å². The number of amides is 1. The number of anilines is 1. The molecular weight excluding hydrogens is 378 g/mol. The lowest BCUT2D eigenvalue weighted by molar-refractivity contribution is -0.113. The van der Waals surface area contributed by atoms with E-state index in [-0.39, 0.29) is 17.4 Å². The fraction of sp³-hybridized carbons (Fsp3) is 0.400. The van der Waals surface area contributed by atoms with Crippen molar-refractivity contribution in [3.8, 4) is 0 Å². The van der Waals surface area contributed by atoms with Crippen LogP contribution in [-0.2, 0) is 4.79 Å². The first-order valence-electron chi connectivity index (χ1n) is 8.97. The highest BCUT2D eigenvalue weighted by Gasteiger charge is 2.33. The fourth-order valence-electron chi connectivity index (χ4n) is 3.22. The van der Waals surface area contributed by atoms with E-state index in [4.69, 9.17) is 0 Å². The topological polar surface area (TPSA) is 72.0 Å². The first kappa shape index (κ1) is 19.9. The molecule has 2 atom stereocenters. The maximum atomic E-state index is 12.4. The van der Waals surface area contributed by atoms with E-state index >= 15 is 0 Å². The minimum atomic E-state index is -0.113. The molecule has 1 N–H and O–H groups in total. The van der Waals surface area contributed by atoms with Crippen LogP contribution in [0.3, 0.4) is 0 Å². The largest absolute Gasteiger partial charge is 0.325 e. The number of ketones is 1. The minimum Gasteiger partial charge on any atom is -0.325 e. The number of rotatable bonds is 6. The molecule has 0 aliphatic carbocycles. The molecule has 0 saturated heterocycles. The van der Waals surface area contributed by atoms with Crippen LogP contribution in [0.4, 0.5) is 5.69 Å². The molecule has 1 aromatic carbocycles. The Hall–Kier alpha value is -1.86. The average Bonchev–Trinajstić information content (AvgIpc) is 2.94. The van der Waals surface area contributed by atoms with Gasteiger partial charge in [-0.2, -0.15) is 0 Å². The Morgan fingerprint density at radius 3 is 2.78 bits per heavy atom. The third-order valence-corrected chi connectivity index (χ3v) is 6.78. The number of benzene rings is 1. The fourth-order valence-corrected chi connectivity index (χ4v) is 5.63. The first-order valence-corrected chi connectivity index (χ1v) is 10.8. The summed E-state index contributed by atoms with van der Waals surface area (Å²) < 4.78 is 0. The van der Waals surface area contributed by atoms with Gasteiger partial charge in [0.2, 0.25) is 5.91 Å². The Kier molecular flexibility index (Phi) is 6.22. The van der Waals surface area contributed by atoms with Crippen LogP contribution in [0.15, 0.2) is 34.3 Å². The summed E-state index contributed by atoms with van der Waals surface area (Å²) in [5, 5.41) is 5.30. The van der Waals surface area contributed by atoms with Gasteiger partial charge in [0.05, 0.1) is 5.75 Å². The molecule has 2 heterocycles. The Balaban J connectivity index is 1.71. The standard InChI is InChI=1S/C20H23N3O2S2/c1-5-16-12(3)27-20-18(16)19(21-13(4)22-20)26-10-17(25)23-15-8-6-7-14(9-15)11(2)24/h6-9,12,16H,5,10H2,1-4H3,(H,23,25)/t12-,16+/m0/s1. The van der Waals surface area contributed by atoms with Gasteiger partial charge < -0.3 is 5.32 Å². The van der Waals surface area contributed by atoms with Gasteiger partial charge in [0, 0.05) is 28.0 Å². The lowest BCUT2D eigenvalue weighted by Crippen LogP contribution is -2.15. The van der Waals surface area contributed by atoms with Gasteiger partial charge in [0.25, 0.3) is 0 Å². The molecular formula is C20H23N3O2S2. The first-order chi connectivity index (χ1) is 12.9. The average molecular weight is 402 g/mol. The van der Waals surface area contributed by atoms with Gasteiger partial charge in [0.1, 0.15) is 15.9 Å². The number of nitrogens with one attached hydrogen (secondary N) is 1. The zero-order valence-corrected chi connectivity index (χ0v) is 17.5. The Labute approximate surface area is 168 Å². The van der Waals surface area contributed by atoms with Crippen LogP contribution in [0, 0.1) is 6.92 Å². The summed E-state index contributed by atoms with van der Waals surface area (Å²) in [5.41, 5.74) is 2.41. The second kappa shape index (κ2) is 8.44. The van der Waals surface area contributed by atoms with Crippen molar-refractivity contribution in [1.82, 2.24) is 9.97 Å². The van der Waals surface area contributed by atoms with E-state index in [0.717, 1.165) is 22.3 Å². The second-order valence-corrected chi connectivity index (χ2v) is 8.94. The SMILES string of the molecule is CC[C@H]1c2c(SCC(=O)Nc3cccc(C(C)=O)c3)nc(C)nc2S[C@H]1C. The number of hydrogen-bond acceptors (Lipinski definition) is 6. The van der Waals surface area contributed by atoms with E-state index in [1.807, 2.05) is 6.92 Å². The zero-order valence-electron chi connectivity index (χ0n) is 15.9. The molecule has 0 radical (unpaired) electrons. The molecule has 0 fully saturated rings. The molecule has 0 spiro atoms. The third-order valence-electron chi connectivity index (χ3n) is 4.56. The number of carbonyl (C=O) groups is 2. The quantitative estimate of drug-likeness (QED) is 0.429. The summed E-state index contributed by atoms with van der Waals surface area (Å²) >= 11 is 3.25. The zero-order chi connectivity index (χ0) is 19.6. The van der Waals surface area contributed by atoms with E-state index in [0.29, 0.717) is 22.4 Å². The summed E-state index contributed by atoms with van der Waals surface area (Å²) in [6.07, 6.45) is 1.03. The van der Waals surface area contributed by atoms with E-state index < -0.39 is 0 Å². The van der Waals surface area contributed by atoms with Crippen molar-refractivity contribution in [1.29, 1.82) is 0 Å². The smallest absolute Gasteiger partial charge is 0.234 e. The van der Waals surface area contributed by atoms with E-state index in [2.05, 4.69) is 29.1 Å². The minimum absolute atomic E-state index is 0.0234. The monoisotopic (exact) mass is 401 g/mol. The summed E-state index contributed by atoms with van der Waals surface area (Å²) in [5.74, 6) is 1.29. The van der Waals surface area contributed by atoms with E-state index in [1.54, 1.807) is 36.0 Å². The summed E-state index contributed by atoms with van der Waals surface area (Å²) in [4.78, 5) is 33.1. The summed E-state index contributed by atoms with van der Waals surface area (Å²) in [6.45, 7) is 7.80. The van der Waals surface area contributed by atoms with Crippen LogP contribution in [0.25, 0.3) is 0 Å². The molecule has 1 aliphatic heterocycles. The number of Topliss-reactive ketones (excluding diaryl/α,β-unsaturated/α-hetero) is 1. The number of hydrogen-bond donors (Lipinski definition) is 1. The molecule has 0 saturated carbocycles. The highest BCUT2D eigenvalue weighted by Crippen LogP contribution is 2.48. The molecule has 7 heteroatoms. The van der Waals surface area contributed by atoms with Crippen molar-refractivity contribution in [2.24, 2.45) is 0 Å². The number of aromatic nitrogens is 2. The molecule has 1 aromatic heterocycles. The number of carbonyl (C=O) groups excluding carboxylic acids is 2. The van der Waals surface area contributed by atoms with Crippen LogP contribution in [0.5, 0.6) is 0 Å². The molecule has 1 amide bonds. The van der Waals surface area contributed by atoms with Gasteiger partial charge in [-0.25, -0.2) is 9.97 Å². The summed E-state index contributed by atoms with van der Waals surface area (Å²) in [6, 6.07) is 6.99. The molecule has 0 bridgehead atoms. The number of thioether (sulfide) groups is 2. The highest BCUT2D eigenvalue weighted by atomic mass is 32.2. The predicted octanol–water partition coefficient (Wildman–Crippen LogP) is 4.71. The highest BCUT2D eigenvalue weighted by molar-refractivity contribution is 8.01. The van der Waals surface area contributed by atoms with Crippen molar-refractivity contribution in [3.05, 3.63) is 41.2 Å². The predicted molar refractivity (Wildman–Crippen MR) is 111 cm³/mol. The van der Waals surface area contributed by atoms with Gasteiger partial charge in [-0.3, -0.25) is 9.59 Å². The lowest BCUT2D eigenvalue weighted by Gasteiger charge is -2.15. The summed E-state index contributed by atoms with van der Waals surface area (Å²) in [7, 11) is 0. The van der Waals surface area contributed by atoms with Gasteiger partial charge in [-0.05, 0) is 32.4 Å². The normalized spacial score (nSPS) is 18.2. The van der Waals surface area contributed by atoms with Gasteiger partial charge >= 0.3 is 0 Å². The van der Waals surface area contributed by atoms with Crippen LogP contribution < -0.4 is 5.32 Å². The van der Waals surface area contributed by atoms with E-state index in [9.17, 15) is 9.59 Å². The molecule has 0 unspecified atom stereocenters. The van der Waals surface area contributed by atoms with Gasteiger partial charge in [-0.1, -0.05) is 37.7 Å². The Bertz CT molecular complexity index is 886. The maximum absolute atomic E-state index is 12.4. The molecule has 2 aromatic rings. The van der Waals surface area contributed by atoms with Crippen LogP contribution in [0.2, 0.25) is 0 Å². The number of fused-ring (bicyclic) bond motifs is 1. The Morgan fingerprint density at radius 2 is 2.07 bits per heavy atom. The molecule has 3 rings (SSSR count). The van der Waals surface area contributed by atoms with Crippen LogP contribution in [0.1, 0.15) is 54.9 Å². The Morgan fingerprint density at radius 1 is 1.30 bits per heavy atom. The number of aryl methyl sites for hydroxylation is 1. The van der Waals surface area contributed by atoms with Crippen molar-refractivity contribution in [3.63, 3.8) is 0 Å². The maximum Gasteiger partial charge on any atom is 0.234 e. The molecule has 1 aliphatic rings. The van der Waals surface area contributed by atoms with Crippen molar-refractivity contribution in [2.45, 2.75) is 55.3 Å². The van der Waals surface area contributed by atoms with E-state index in [1.165, 1.54) is 24.2 Å². The van der Waals surface area contributed by atoms with Crippen LogP contribution in [-0.4, -0.2) is 32.7 Å². The molecule has 142 valence electrons. The second-order valence-electron chi connectivity index (χ2n) is 6.61. The third kappa shape index (κ3) is 4.52. The van der Waals surface area contributed by atoms with Gasteiger partial charge in [-0.15, -0.1) is 11.8 Å².